The Labute approximate surface area is 89.6 Å². The minimum Gasteiger partial charge on any atom is -0.454 e. The van der Waals surface area contributed by atoms with Gasteiger partial charge in [0.05, 0.1) is 6.04 Å². The Morgan fingerprint density at radius 3 is 3.00 bits per heavy atom. The smallest absolute Gasteiger partial charge is 0.231 e. The lowest BCUT2D eigenvalue weighted by Gasteiger charge is -2.09. The number of carbonyl (C=O) groups is 1. The summed E-state index contributed by atoms with van der Waals surface area (Å²) >= 11 is 0. The SMILES string of the molecule is [2H]C1Oc2ccc(C(=O)[C@H](C)NC)cc2O1. The molecule has 0 radical (unpaired) electrons. The van der Waals surface area contributed by atoms with Crippen LogP contribution in [0.4, 0.5) is 0 Å². The summed E-state index contributed by atoms with van der Waals surface area (Å²) in [4.78, 5) is 11.9. The van der Waals surface area contributed by atoms with Crippen LogP contribution in [0.5, 0.6) is 11.5 Å². The first-order valence-electron chi connectivity index (χ1n) is 5.30. The van der Waals surface area contributed by atoms with Crippen molar-refractivity contribution in [3.05, 3.63) is 23.8 Å². The molecule has 0 aliphatic carbocycles. The van der Waals surface area contributed by atoms with Crippen LogP contribution in [0.2, 0.25) is 0 Å². The van der Waals surface area contributed by atoms with Gasteiger partial charge >= 0.3 is 0 Å². The Morgan fingerprint density at radius 1 is 1.53 bits per heavy atom. The van der Waals surface area contributed by atoms with E-state index >= 15 is 0 Å². The summed E-state index contributed by atoms with van der Waals surface area (Å²) < 4.78 is 17.4. The van der Waals surface area contributed by atoms with Gasteiger partial charge in [-0.2, -0.15) is 0 Å². The molecular weight excluding hydrogens is 194 g/mol. The number of fused-ring (bicyclic) bond motifs is 1. The van der Waals surface area contributed by atoms with E-state index < -0.39 is 6.77 Å². The molecule has 0 aromatic heterocycles. The third-order valence-corrected chi connectivity index (χ3v) is 2.40. The van der Waals surface area contributed by atoms with Crippen molar-refractivity contribution in [1.29, 1.82) is 0 Å². The van der Waals surface area contributed by atoms with E-state index in [2.05, 4.69) is 5.32 Å². The van der Waals surface area contributed by atoms with Crippen LogP contribution in [0.25, 0.3) is 0 Å². The van der Waals surface area contributed by atoms with Gasteiger partial charge in [-0.05, 0) is 32.2 Å². The van der Waals surface area contributed by atoms with Crippen LogP contribution in [-0.2, 0) is 0 Å². The third kappa shape index (κ3) is 1.80. The zero-order valence-electron chi connectivity index (χ0n) is 9.61. The van der Waals surface area contributed by atoms with Gasteiger partial charge in [0.1, 0.15) is 1.37 Å². The molecule has 0 bridgehead atoms. The van der Waals surface area contributed by atoms with Gasteiger partial charge in [-0.15, -0.1) is 0 Å². The van der Waals surface area contributed by atoms with Crippen LogP contribution < -0.4 is 14.8 Å². The number of nitrogens with one attached hydrogen (secondary N) is 1. The Bertz CT molecular complexity index is 422. The Kier molecular flexibility index (Phi) is 2.27. The average molecular weight is 208 g/mol. The van der Waals surface area contributed by atoms with E-state index in [-0.39, 0.29) is 11.8 Å². The molecule has 1 aromatic carbocycles. The molecule has 1 N–H and O–H groups in total. The van der Waals surface area contributed by atoms with Crippen LogP contribution >= 0.6 is 0 Å². The molecule has 80 valence electrons. The summed E-state index contributed by atoms with van der Waals surface area (Å²) in [5, 5.41) is 2.88. The minimum atomic E-state index is -1.03. The number of carbonyl (C=O) groups excluding carboxylic acids is 1. The van der Waals surface area contributed by atoms with E-state index in [9.17, 15) is 4.79 Å². The molecule has 1 aliphatic heterocycles. The van der Waals surface area contributed by atoms with E-state index in [1.807, 2.05) is 0 Å². The average Bonchev–Trinajstić information content (AvgIpc) is 2.65. The lowest BCUT2D eigenvalue weighted by atomic mass is 10.1. The molecule has 15 heavy (non-hydrogen) atoms. The molecular formula is C11H13NO3. The second kappa shape index (κ2) is 3.90. The van der Waals surface area contributed by atoms with Crippen LogP contribution in [0.15, 0.2) is 18.2 Å². The number of benzene rings is 1. The summed E-state index contributed by atoms with van der Waals surface area (Å²) in [6.45, 7) is 0.766. The first kappa shape index (κ1) is 8.73. The molecule has 1 aliphatic rings. The summed E-state index contributed by atoms with van der Waals surface area (Å²) in [5.41, 5.74) is 0.554. The minimum absolute atomic E-state index is 0.0117. The van der Waals surface area contributed by atoms with Crippen molar-refractivity contribution in [3.8, 4) is 11.5 Å². The van der Waals surface area contributed by atoms with Gasteiger partial charge in [0.2, 0.25) is 6.77 Å². The van der Waals surface area contributed by atoms with E-state index in [0.29, 0.717) is 17.1 Å². The molecule has 1 aromatic rings. The Balaban J connectivity index is 2.26. The third-order valence-electron chi connectivity index (χ3n) is 2.40. The van der Waals surface area contributed by atoms with Gasteiger partial charge in [0.25, 0.3) is 0 Å². The van der Waals surface area contributed by atoms with Crippen molar-refractivity contribution >= 4 is 5.78 Å². The zero-order chi connectivity index (χ0) is 11.7. The van der Waals surface area contributed by atoms with Crippen molar-refractivity contribution in [3.63, 3.8) is 0 Å². The fraction of sp³-hybridized carbons (Fsp3) is 0.364. The van der Waals surface area contributed by atoms with E-state index in [1.54, 1.807) is 32.2 Å². The second-order valence-electron chi connectivity index (χ2n) is 3.37. The molecule has 0 spiro atoms. The number of Topliss-reactive ketones (excluding diaryl/α,β-unsaturated/α-hetero) is 1. The van der Waals surface area contributed by atoms with Gasteiger partial charge < -0.3 is 14.8 Å². The van der Waals surface area contributed by atoms with Crippen LogP contribution in [-0.4, -0.2) is 25.6 Å². The number of hydrogen-bond donors (Lipinski definition) is 1. The van der Waals surface area contributed by atoms with Crippen molar-refractivity contribution in [2.24, 2.45) is 0 Å². The molecule has 2 rings (SSSR count). The number of rotatable bonds is 3. The summed E-state index contributed by atoms with van der Waals surface area (Å²) in [6.07, 6.45) is 0. The number of ketones is 1. The van der Waals surface area contributed by atoms with Gasteiger partial charge in [0.15, 0.2) is 17.3 Å². The number of likely N-dealkylation sites (N-methyl/N-ethyl adjacent to an activating group) is 1. The normalized spacial score (nSPS) is 20.9. The van der Waals surface area contributed by atoms with Crippen LogP contribution in [0.3, 0.4) is 0 Å². The van der Waals surface area contributed by atoms with E-state index in [4.69, 9.17) is 10.8 Å². The van der Waals surface area contributed by atoms with Crippen LogP contribution in [0, 0.1) is 0 Å². The van der Waals surface area contributed by atoms with Crippen molar-refractivity contribution in [2.45, 2.75) is 13.0 Å². The summed E-state index contributed by atoms with van der Waals surface area (Å²) in [6, 6.07) is 4.70. The standard InChI is InChI=1S/C11H13NO3/c1-7(12-2)11(13)8-3-4-9-10(5-8)15-6-14-9/h3-5,7,12H,6H2,1-2H3/t7-/m0/s1/i6D/t6?,7-. The molecule has 0 saturated heterocycles. The maximum Gasteiger partial charge on any atom is 0.231 e. The summed E-state index contributed by atoms with van der Waals surface area (Å²) in [5.74, 6) is 0.949. The predicted molar refractivity (Wildman–Crippen MR) is 55.4 cm³/mol. The van der Waals surface area contributed by atoms with E-state index in [0.717, 1.165) is 0 Å². The molecule has 2 atom stereocenters. The molecule has 0 saturated carbocycles. The molecule has 4 nitrogen and oxygen atoms in total. The lowest BCUT2D eigenvalue weighted by Crippen LogP contribution is -2.30. The van der Waals surface area contributed by atoms with Crippen molar-refractivity contribution < 1.29 is 15.6 Å². The molecule has 0 fully saturated rings. The quantitative estimate of drug-likeness (QED) is 0.758. The first-order chi connectivity index (χ1) is 7.61. The lowest BCUT2D eigenvalue weighted by molar-refractivity contribution is 0.0954. The highest BCUT2D eigenvalue weighted by Crippen LogP contribution is 2.32. The molecule has 0 amide bonds. The van der Waals surface area contributed by atoms with Gasteiger partial charge in [-0.3, -0.25) is 4.79 Å². The van der Waals surface area contributed by atoms with Crippen LogP contribution in [0.1, 0.15) is 18.7 Å². The van der Waals surface area contributed by atoms with Crippen molar-refractivity contribution in [2.75, 3.05) is 13.8 Å². The maximum absolute atomic E-state index is 11.9. The fourth-order valence-corrected chi connectivity index (χ4v) is 1.36. The number of hydrogen-bond acceptors (Lipinski definition) is 4. The summed E-state index contributed by atoms with van der Waals surface area (Å²) in [7, 11) is 1.73. The topological polar surface area (TPSA) is 47.6 Å². The highest BCUT2D eigenvalue weighted by Gasteiger charge is 2.18. The Morgan fingerprint density at radius 2 is 2.27 bits per heavy atom. The first-order valence-corrected chi connectivity index (χ1v) is 4.73. The van der Waals surface area contributed by atoms with E-state index in [1.165, 1.54) is 0 Å². The number of ether oxygens (including phenoxy) is 2. The second-order valence-corrected chi connectivity index (χ2v) is 3.37. The largest absolute Gasteiger partial charge is 0.454 e. The maximum atomic E-state index is 11.9. The van der Waals surface area contributed by atoms with Gasteiger partial charge in [-0.1, -0.05) is 0 Å². The van der Waals surface area contributed by atoms with Crippen molar-refractivity contribution in [1.82, 2.24) is 5.32 Å². The predicted octanol–water partition coefficient (Wildman–Crippen LogP) is 1.21. The molecule has 1 unspecified atom stereocenters. The van der Waals surface area contributed by atoms with Gasteiger partial charge in [0, 0.05) is 5.56 Å². The zero-order valence-corrected chi connectivity index (χ0v) is 8.61. The molecule has 1 heterocycles. The Hall–Kier alpha value is -1.55. The fourth-order valence-electron chi connectivity index (χ4n) is 1.36. The highest BCUT2D eigenvalue weighted by molar-refractivity contribution is 6.00. The van der Waals surface area contributed by atoms with Gasteiger partial charge in [-0.25, -0.2) is 0 Å². The monoisotopic (exact) mass is 208 g/mol. The molecule has 4 heteroatoms. The highest BCUT2D eigenvalue weighted by atomic mass is 16.7.